The third-order valence-electron chi connectivity index (χ3n) is 8.59. The molecule has 2 bridgehead atoms. The van der Waals surface area contributed by atoms with Gasteiger partial charge < -0.3 is 19.5 Å². The molecule has 15 heteroatoms. The number of thiazole rings is 1. The maximum absolute atomic E-state index is 12.3. The molecule has 4 aromatic rings. The number of halogens is 2. The number of ether oxygens (including phenoxy) is 1. The SMILES string of the molecule is C[C@@H]1CC2C[C@@H](OCc3c(-c4c(Cl)cccc4Cl)noc3C3CC3)C=C1N2c1nc2ccc(NC(=O)NS(=O)(=O)N(C)C)cc2s1. The maximum atomic E-state index is 12.3. The van der Waals surface area contributed by atoms with E-state index in [0.717, 1.165) is 56.7 Å². The number of hydrogen-bond donors (Lipinski definition) is 2. The summed E-state index contributed by atoms with van der Waals surface area (Å²) in [6.07, 6.45) is 6.00. The fourth-order valence-corrected chi connectivity index (χ4v) is 8.28. The number of carbonyl (C=O) groups is 1. The van der Waals surface area contributed by atoms with Crippen LogP contribution in [0.2, 0.25) is 10.0 Å². The largest absolute Gasteiger partial charge is 0.369 e. The summed E-state index contributed by atoms with van der Waals surface area (Å²) in [7, 11) is -1.22. The summed E-state index contributed by atoms with van der Waals surface area (Å²) in [5, 5.41) is 8.90. The minimum absolute atomic E-state index is 0.0974. The highest BCUT2D eigenvalue weighted by Gasteiger charge is 2.42. The quantitative estimate of drug-likeness (QED) is 0.188. The number of benzene rings is 2. The molecule has 7 rings (SSSR count). The Morgan fingerprint density at radius 1 is 1.17 bits per heavy atom. The first-order valence-corrected chi connectivity index (χ1v) is 18.0. The van der Waals surface area contributed by atoms with Gasteiger partial charge in [0.15, 0.2) is 5.13 Å². The van der Waals surface area contributed by atoms with Crippen LogP contribution in [0.25, 0.3) is 21.5 Å². The summed E-state index contributed by atoms with van der Waals surface area (Å²) >= 11 is 14.6. The van der Waals surface area contributed by atoms with E-state index < -0.39 is 16.2 Å². The van der Waals surface area contributed by atoms with Crippen LogP contribution in [0.15, 0.2) is 52.7 Å². The summed E-state index contributed by atoms with van der Waals surface area (Å²) in [6, 6.07) is 10.1. The van der Waals surface area contributed by atoms with E-state index in [1.165, 1.54) is 31.1 Å². The van der Waals surface area contributed by atoms with Crippen molar-refractivity contribution < 1.29 is 22.5 Å². The minimum atomic E-state index is -3.90. The molecule has 242 valence electrons. The lowest BCUT2D eigenvalue weighted by Gasteiger charge is -2.33. The highest BCUT2D eigenvalue weighted by atomic mass is 35.5. The molecule has 11 nitrogen and oxygen atoms in total. The summed E-state index contributed by atoms with van der Waals surface area (Å²) in [6.45, 7) is 2.56. The Morgan fingerprint density at radius 3 is 2.63 bits per heavy atom. The van der Waals surface area contributed by atoms with E-state index in [-0.39, 0.29) is 12.1 Å². The van der Waals surface area contributed by atoms with Gasteiger partial charge >= 0.3 is 16.2 Å². The number of nitrogens with one attached hydrogen (secondary N) is 2. The molecule has 1 aliphatic carbocycles. The van der Waals surface area contributed by atoms with Gasteiger partial charge in [0.25, 0.3) is 0 Å². The zero-order valence-electron chi connectivity index (χ0n) is 25.3. The first-order chi connectivity index (χ1) is 22.0. The molecule has 3 aliphatic rings. The smallest absolute Gasteiger partial charge is 0.333 e. The van der Waals surface area contributed by atoms with Gasteiger partial charge in [0, 0.05) is 48.6 Å². The predicted molar refractivity (Wildman–Crippen MR) is 180 cm³/mol. The maximum Gasteiger partial charge on any atom is 0.333 e. The Morgan fingerprint density at radius 2 is 1.93 bits per heavy atom. The molecule has 2 fully saturated rings. The molecule has 1 unspecified atom stereocenters. The number of fused-ring (bicyclic) bond motifs is 3. The number of rotatable bonds is 9. The van der Waals surface area contributed by atoms with Crippen LogP contribution in [0.3, 0.4) is 0 Å². The summed E-state index contributed by atoms with van der Waals surface area (Å²) < 4.78 is 40.1. The van der Waals surface area contributed by atoms with E-state index in [4.69, 9.17) is 37.4 Å². The fourth-order valence-electron chi connectivity index (χ4n) is 6.14. The zero-order chi connectivity index (χ0) is 32.3. The summed E-state index contributed by atoms with van der Waals surface area (Å²) in [5.74, 6) is 1.53. The number of allylic oxidation sites excluding steroid dienone is 1. The number of urea groups is 1. The van der Waals surface area contributed by atoms with Crippen molar-refractivity contribution >= 4 is 71.8 Å². The monoisotopic (exact) mass is 702 g/mol. The average molecular weight is 704 g/mol. The van der Waals surface area contributed by atoms with E-state index >= 15 is 0 Å². The van der Waals surface area contributed by atoms with Gasteiger partial charge in [-0.3, -0.25) is 0 Å². The van der Waals surface area contributed by atoms with Crippen molar-refractivity contribution in [1.82, 2.24) is 19.2 Å². The standard InChI is InChI=1S/C31H32Cl2N6O5S2/c1-16-11-19-13-20(43-15-21-28(36-44-29(21)17-7-8-17)27-22(32)5-4-6-23(27)33)14-25(16)39(19)31-35-24-10-9-18(12-26(24)45-31)34-30(40)37-46(41,42)38(2)3/h4-6,9-10,12,14,16-17,19-20H,7-8,11,13,15H2,1-3H3,(H2,34,37,40)/t16-,19?,20-/m1/s1. The molecule has 0 spiro atoms. The van der Waals surface area contributed by atoms with Crippen molar-refractivity contribution in [3.63, 3.8) is 0 Å². The number of nitrogens with zero attached hydrogens (tertiary/aromatic N) is 4. The van der Waals surface area contributed by atoms with Crippen LogP contribution in [-0.2, 0) is 21.6 Å². The van der Waals surface area contributed by atoms with Gasteiger partial charge in [-0.1, -0.05) is 52.7 Å². The molecule has 1 saturated heterocycles. The Balaban J connectivity index is 1.09. The molecule has 46 heavy (non-hydrogen) atoms. The second kappa shape index (κ2) is 12.1. The lowest BCUT2D eigenvalue weighted by molar-refractivity contribution is 0.0593. The van der Waals surface area contributed by atoms with Gasteiger partial charge in [-0.15, -0.1) is 0 Å². The molecule has 2 aromatic heterocycles. The van der Waals surface area contributed by atoms with Gasteiger partial charge in [0.05, 0.1) is 33.0 Å². The number of aromatic nitrogens is 2. The van der Waals surface area contributed by atoms with Gasteiger partial charge in [0.1, 0.15) is 11.5 Å². The molecule has 2 N–H and O–H groups in total. The molecule has 2 amide bonds. The summed E-state index contributed by atoms with van der Waals surface area (Å²) in [4.78, 5) is 19.5. The van der Waals surface area contributed by atoms with E-state index in [0.29, 0.717) is 45.4 Å². The van der Waals surface area contributed by atoms with Gasteiger partial charge in [0.2, 0.25) is 0 Å². The Labute approximate surface area is 280 Å². The van der Waals surface area contributed by atoms with Crippen molar-refractivity contribution in [2.24, 2.45) is 5.92 Å². The van der Waals surface area contributed by atoms with Crippen LogP contribution in [0, 0.1) is 5.92 Å². The highest BCUT2D eigenvalue weighted by Crippen LogP contribution is 2.48. The van der Waals surface area contributed by atoms with Crippen LogP contribution in [-0.4, -0.2) is 55.1 Å². The van der Waals surface area contributed by atoms with Crippen LogP contribution >= 0.6 is 34.5 Å². The highest BCUT2D eigenvalue weighted by molar-refractivity contribution is 7.87. The van der Waals surface area contributed by atoms with Crippen molar-refractivity contribution in [3.8, 4) is 11.3 Å². The predicted octanol–water partition coefficient (Wildman–Crippen LogP) is 7.15. The molecular formula is C31H32Cl2N6O5S2. The van der Waals surface area contributed by atoms with E-state index in [1.807, 2.05) is 16.9 Å². The molecule has 0 radical (unpaired) electrons. The molecule has 2 aliphatic heterocycles. The second-order valence-electron chi connectivity index (χ2n) is 12.1. The third kappa shape index (κ3) is 6.00. The van der Waals surface area contributed by atoms with E-state index in [9.17, 15) is 13.2 Å². The van der Waals surface area contributed by atoms with Crippen molar-refractivity contribution in [1.29, 1.82) is 0 Å². The van der Waals surface area contributed by atoms with Crippen molar-refractivity contribution in [2.45, 2.75) is 57.3 Å². The normalized spacial score (nSPS) is 21.2. The number of hydrogen-bond acceptors (Lipinski definition) is 9. The molecule has 1 saturated carbocycles. The van der Waals surface area contributed by atoms with Gasteiger partial charge in [-0.25, -0.2) is 14.5 Å². The Kier molecular flexibility index (Phi) is 8.27. The lowest BCUT2D eigenvalue weighted by atomic mass is 10.0. The van der Waals surface area contributed by atoms with Crippen LogP contribution in [0.4, 0.5) is 15.6 Å². The van der Waals surface area contributed by atoms with Crippen molar-refractivity contribution in [2.75, 3.05) is 24.3 Å². The molecule has 3 atom stereocenters. The van der Waals surface area contributed by atoms with Gasteiger partial charge in [-0.2, -0.15) is 12.7 Å². The molecule has 2 aromatic carbocycles. The Hall–Kier alpha value is -3.20. The molecular weight excluding hydrogens is 671 g/mol. The third-order valence-corrected chi connectivity index (χ3v) is 11.6. The fraction of sp³-hybridized carbons (Fsp3) is 0.387. The topological polar surface area (TPSA) is 130 Å². The molecule has 4 heterocycles. The first kappa shape index (κ1) is 31.4. The average Bonchev–Trinajstić information content (AvgIpc) is 3.56. The van der Waals surface area contributed by atoms with Crippen LogP contribution < -0.4 is 14.9 Å². The van der Waals surface area contributed by atoms with Crippen LogP contribution in [0.5, 0.6) is 0 Å². The van der Waals surface area contributed by atoms with Crippen molar-refractivity contribution in [3.05, 3.63) is 69.5 Å². The minimum Gasteiger partial charge on any atom is -0.369 e. The lowest BCUT2D eigenvalue weighted by Crippen LogP contribution is -2.41. The number of amides is 2. The number of anilines is 2. The van der Waals surface area contributed by atoms with Crippen LogP contribution in [0.1, 0.15) is 49.8 Å². The van der Waals surface area contributed by atoms with Gasteiger partial charge in [-0.05, 0) is 68.0 Å². The first-order valence-electron chi connectivity index (χ1n) is 15.0. The Bertz CT molecular complexity index is 1950. The number of carbonyl (C=O) groups excluding carboxylic acids is 1. The zero-order valence-corrected chi connectivity index (χ0v) is 28.4. The van der Waals surface area contributed by atoms with E-state index in [2.05, 4.69) is 28.4 Å². The summed E-state index contributed by atoms with van der Waals surface area (Å²) in [5.41, 5.74) is 4.64. The second-order valence-corrected chi connectivity index (χ2v) is 15.8. The van der Waals surface area contributed by atoms with E-state index in [1.54, 1.807) is 24.3 Å².